The molecule has 2 N–H and O–H groups in total. The highest BCUT2D eigenvalue weighted by molar-refractivity contribution is 7.80. The molecule has 3 rings (SSSR count). The van der Waals surface area contributed by atoms with E-state index in [4.69, 9.17) is 27.4 Å². The number of fused-ring (bicyclic) bond motifs is 1. The Labute approximate surface area is 157 Å². The third-order valence-corrected chi connectivity index (χ3v) is 4.52. The number of methoxy groups -OCH3 is 1. The van der Waals surface area contributed by atoms with E-state index < -0.39 is 5.92 Å². The maximum absolute atomic E-state index is 12.5. The van der Waals surface area contributed by atoms with Gasteiger partial charge in [-0.25, -0.2) is 0 Å². The van der Waals surface area contributed by atoms with Gasteiger partial charge in [0.05, 0.1) is 13.0 Å². The van der Waals surface area contributed by atoms with Crippen molar-refractivity contribution >= 4 is 33.9 Å². The third kappa shape index (κ3) is 3.83. The minimum absolute atomic E-state index is 0.309. The Morgan fingerprint density at radius 3 is 2.23 bits per heavy atom. The lowest BCUT2D eigenvalue weighted by atomic mass is 9.98. The highest BCUT2D eigenvalue weighted by Gasteiger charge is 2.18. The van der Waals surface area contributed by atoms with Gasteiger partial charge in [-0.1, -0.05) is 36.5 Å². The van der Waals surface area contributed by atoms with Crippen LogP contribution in [0.25, 0.3) is 10.8 Å². The number of carbonyl (C=O) groups is 1. The lowest BCUT2D eigenvalue weighted by Crippen LogP contribution is -2.16. The second-order valence-electron chi connectivity index (χ2n) is 6.00. The first-order valence-electron chi connectivity index (χ1n) is 8.17. The molecular weight excluding hydrogens is 346 g/mol. The lowest BCUT2D eigenvalue weighted by Gasteiger charge is -2.13. The van der Waals surface area contributed by atoms with E-state index in [-0.39, 0.29) is 5.97 Å². The number of ether oxygens (including phenoxy) is 2. The van der Waals surface area contributed by atoms with Crippen LogP contribution in [0.3, 0.4) is 0 Å². The average molecular weight is 365 g/mol. The zero-order valence-electron chi connectivity index (χ0n) is 14.6. The van der Waals surface area contributed by atoms with Crippen LogP contribution in [-0.2, 0) is 4.79 Å². The van der Waals surface area contributed by atoms with Crippen LogP contribution in [0.15, 0.2) is 60.7 Å². The van der Waals surface area contributed by atoms with Crippen LogP contribution < -0.4 is 15.2 Å². The van der Waals surface area contributed by atoms with Crippen LogP contribution in [0.4, 0.5) is 0 Å². The van der Waals surface area contributed by atoms with Crippen LogP contribution in [0.2, 0.25) is 0 Å². The number of nitrogens with two attached hydrogens (primary N) is 1. The first kappa shape index (κ1) is 17.9. The molecule has 0 radical (unpaired) electrons. The normalized spacial score (nSPS) is 11.8. The van der Waals surface area contributed by atoms with E-state index in [0.717, 1.165) is 27.6 Å². The molecule has 3 aromatic carbocycles. The maximum atomic E-state index is 12.5. The van der Waals surface area contributed by atoms with E-state index in [0.29, 0.717) is 10.7 Å². The molecule has 4 nitrogen and oxygen atoms in total. The van der Waals surface area contributed by atoms with Crippen molar-refractivity contribution in [1.82, 2.24) is 0 Å². The van der Waals surface area contributed by atoms with Gasteiger partial charge in [0.2, 0.25) is 0 Å². The van der Waals surface area contributed by atoms with E-state index in [1.165, 1.54) is 0 Å². The molecule has 0 saturated carbocycles. The Morgan fingerprint density at radius 2 is 1.58 bits per heavy atom. The highest BCUT2D eigenvalue weighted by atomic mass is 32.1. The van der Waals surface area contributed by atoms with Gasteiger partial charge < -0.3 is 15.2 Å². The Kier molecular flexibility index (Phi) is 5.19. The molecule has 0 bridgehead atoms. The summed E-state index contributed by atoms with van der Waals surface area (Å²) in [6, 6.07) is 18.6. The summed E-state index contributed by atoms with van der Waals surface area (Å²) in [6.07, 6.45) is 0. The third-order valence-electron chi connectivity index (χ3n) is 4.28. The number of hydrogen-bond acceptors (Lipinski definition) is 4. The summed E-state index contributed by atoms with van der Waals surface area (Å²) in [4.78, 5) is 12.8. The van der Waals surface area contributed by atoms with Crippen LogP contribution in [-0.4, -0.2) is 18.1 Å². The van der Waals surface area contributed by atoms with Gasteiger partial charge in [-0.2, -0.15) is 0 Å². The summed E-state index contributed by atoms with van der Waals surface area (Å²) in [5, 5.41) is 2.10. The molecule has 0 aliphatic rings. The molecule has 0 heterocycles. The number of carbonyl (C=O) groups excluding carboxylic acids is 1. The van der Waals surface area contributed by atoms with Gasteiger partial charge in [0.1, 0.15) is 16.5 Å². The minimum Gasteiger partial charge on any atom is -0.497 e. The molecule has 0 aliphatic heterocycles. The van der Waals surface area contributed by atoms with E-state index in [9.17, 15) is 4.79 Å². The molecule has 0 amide bonds. The number of benzene rings is 3. The van der Waals surface area contributed by atoms with Gasteiger partial charge in [-0.3, -0.25) is 4.79 Å². The van der Waals surface area contributed by atoms with Crippen LogP contribution in [0.1, 0.15) is 24.0 Å². The van der Waals surface area contributed by atoms with Crippen LogP contribution >= 0.6 is 12.2 Å². The zero-order valence-corrected chi connectivity index (χ0v) is 15.4. The second kappa shape index (κ2) is 7.54. The Bertz CT molecular complexity index is 967. The van der Waals surface area contributed by atoms with Crippen LogP contribution in [0, 0.1) is 0 Å². The fourth-order valence-corrected chi connectivity index (χ4v) is 2.80. The molecular formula is C21H19NO3S. The molecule has 0 unspecified atom stereocenters. The van der Waals surface area contributed by atoms with Gasteiger partial charge in [0, 0.05) is 5.56 Å². The fourth-order valence-electron chi connectivity index (χ4n) is 2.67. The van der Waals surface area contributed by atoms with Crippen molar-refractivity contribution in [3.8, 4) is 11.5 Å². The van der Waals surface area contributed by atoms with Crippen LogP contribution in [0.5, 0.6) is 11.5 Å². The van der Waals surface area contributed by atoms with Crippen molar-refractivity contribution in [3.05, 3.63) is 71.8 Å². The molecule has 0 aliphatic carbocycles. The molecule has 0 fully saturated rings. The number of hydrogen-bond donors (Lipinski definition) is 1. The zero-order chi connectivity index (χ0) is 18.7. The predicted molar refractivity (Wildman–Crippen MR) is 107 cm³/mol. The molecule has 26 heavy (non-hydrogen) atoms. The molecule has 3 aromatic rings. The Balaban J connectivity index is 1.77. The highest BCUT2D eigenvalue weighted by Crippen LogP contribution is 2.26. The molecule has 5 heteroatoms. The standard InChI is InChI=1S/C21H19NO3S/c1-13(21(23)25-18-8-5-14(6-9-18)20(22)26)15-3-4-17-12-19(24-2)10-7-16(17)11-15/h3-13H,1-2H3,(H2,22,26)/t13-/m0/s1. The number of esters is 1. The topological polar surface area (TPSA) is 61.5 Å². The van der Waals surface area contributed by atoms with Gasteiger partial charge in [0.25, 0.3) is 0 Å². The van der Waals surface area contributed by atoms with E-state index in [2.05, 4.69) is 0 Å². The maximum Gasteiger partial charge on any atom is 0.318 e. The smallest absolute Gasteiger partial charge is 0.318 e. The molecule has 1 atom stereocenters. The minimum atomic E-state index is -0.392. The van der Waals surface area contributed by atoms with E-state index in [1.807, 2.05) is 43.3 Å². The second-order valence-corrected chi connectivity index (χ2v) is 6.44. The SMILES string of the molecule is COc1ccc2cc([C@H](C)C(=O)Oc3ccc(C(N)=S)cc3)ccc2c1. The molecule has 0 spiro atoms. The van der Waals surface area contributed by atoms with Crippen molar-refractivity contribution in [2.75, 3.05) is 7.11 Å². The van der Waals surface area contributed by atoms with Crippen molar-refractivity contribution in [2.24, 2.45) is 5.73 Å². The van der Waals surface area contributed by atoms with Crippen molar-refractivity contribution in [2.45, 2.75) is 12.8 Å². The van der Waals surface area contributed by atoms with Gasteiger partial charge in [-0.05, 0) is 59.7 Å². The van der Waals surface area contributed by atoms with Gasteiger partial charge >= 0.3 is 5.97 Å². The first-order valence-corrected chi connectivity index (χ1v) is 8.58. The summed E-state index contributed by atoms with van der Waals surface area (Å²) in [6.45, 7) is 1.83. The predicted octanol–water partition coefficient (Wildman–Crippen LogP) is 4.19. The van der Waals surface area contributed by atoms with Crippen molar-refractivity contribution in [3.63, 3.8) is 0 Å². The molecule has 0 aromatic heterocycles. The number of rotatable bonds is 5. The van der Waals surface area contributed by atoms with E-state index >= 15 is 0 Å². The Hall–Kier alpha value is -2.92. The molecule has 0 saturated heterocycles. The number of thiocarbonyl (C=S) groups is 1. The summed E-state index contributed by atoms with van der Waals surface area (Å²) in [5.41, 5.74) is 7.20. The van der Waals surface area contributed by atoms with E-state index in [1.54, 1.807) is 31.4 Å². The van der Waals surface area contributed by atoms with Crippen molar-refractivity contribution < 1.29 is 14.3 Å². The lowest BCUT2D eigenvalue weighted by molar-refractivity contribution is -0.135. The first-order chi connectivity index (χ1) is 12.5. The largest absolute Gasteiger partial charge is 0.497 e. The summed E-state index contributed by atoms with van der Waals surface area (Å²) >= 11 is 4.92. The quantitative estimate of drug-likeness (QED) is 0.417. The van der Waals surface area contributed by atoms with Gasteiger partial charge in [-0.15, -0.1) is 0 Å². The summed E-state index contributed by atoms with van der Waals surface area (Å²) < 4.78 is 10.7. The Morgan fingerprint density at radius 1 is 0.962 bits per heavy atom. The summed E-state index contributed by atoms with van der Waals surface area (Å²) in [5.74, 6) is 0.559. The molecule has 132 valence electrons. The average Bonchev–Trinajstić information content (AvgIpc) is 2.66. The monoisotopic (exact) mass is 365 g/mol. The van der Waals surface area contributed by atoms with Crippen molar-refractivity contribution in [1.29, 1.82) is 0 Å². The fraction of sp³-hybridized carbons (Fsp3) is 0.143. The summed E-state index contributed by atoms with van der Waals surface area (Å²) in [7, 11) is 1.64. The van der Waals surface area contributed by atoms with Gasteiger partial charge in [0.15, 0.2) is 0 Å².